The van der Waals surface area contributed by atoms with E-state index in [1.807, 2.05) is 45.0 Å². The van der Waals surface area contributed by atoms with Crippen molar-refractivity contribution in [3.05, 3.63) is 88.4 Å². The molecule has 2 N–H and O–H groups in total. The lowest BCUT2D eigenvalue weighted by molar-refractivity contribution is 0.0940. The molecule has 0 aromatic heterocycles. The molecular formula is C24H25ClN2O4S. The average molecular weight is 473 g/mol. The number of carbonyl (C=O) groups is 1. The smallest absolute Gasteiger partial charge is 0.261 e. The van der Waals surface area contributed by atoms with Crippen LogP contribution in [-0.4, -0.2) is 20.9 Å². The minimum Gasteiger partial charge on any atom is -0.494 e. The maximum Gasteiger partial charge on any atom is 0.261 e. The fourth-order valence-corrected chi connectivity index (χ4v) is 4.39. The number of carbonyl (C=O) groups excluding carboxylic acids is 1. The number of rotatable bonds is 8. The summed E-state index contributed by atoms with van der Waals surface area (Å²) in [5, 5.41) is 3.04. The Morgan fingerprint density at radius 2 is 1.69 bits per heavy atom. The number of hydrogen-bond acceptors (Lipinski definition) is 4. The maximum atomic E-state index is 12.7. The molecule has 8 heteroatoms. The fourth-order valence-electron chi connectivity index (χ4n) is 3.07. The van der Waals surface area contributed by atoms with Crippen LogP contribution in [0.25, 0.3) is 0 Å². The van der Waals surface area contributed by atoms with Crippen LogP contribution in [0.15, 0.2) is 71.6 Å². The van der Waals surface area contributed by atoms with Gasteiger partial charge >= 0.3 is 0 Å². The Labute approximate surface area is 193 Å². The molecule has 3 rings (SSSR count). The Hall–Kier alpha value is -3.03. The quantitative estimate of drug-likeness (QED) is 0.463. The van der Waals surface area contributed by atoms with Gasteiger partial charge in [-0.2, -0.15) is 0 Å². The van der Waals surface area contributed by atoms with Gasteiger partial charge in [-0.1, -0.05) is 41.4 Å². The number of anilines is 1. The Morgan fingerprint density at radius 1 is 1.03 bits per heavy atom. The molecule has 0 aliphatic rings. The van der Waals surface area contributed by atoms with E-state index in [1.165, 1.54) is 30.3 Å². The number of amides is 1. The van der Waals surface area contributed by atoms with Crippen molar-refractivity contribution >= 4 is 33.2 Å². The predicted molar refractivity (Wildman–Crippen MR) is 127 cm³/mol. The third-order valence-electron chi connectivity index (χ3n) is 4.84. The highest BCUT2D eigenvalue weighted by Gasteiger charge is 2.18. The van der Waals surface area contributed by atoms with Crippen molar-refractivity contribution < 1.29 is 17.9 Å². The van der Waals surface area contributed by atoms with Gasteiger partial charge in [0.15, 0.2) is 0 Å². The lowest BCUT2D eigenvalue weighted by Crippen LogP contribution is -2.27. The molecule has 1 unspecified atom stereocenters. The second-order valence-electron chi connectivity index (χ2n) is 7.31. The van der Waals surface area contributed by atoms with Gasteiger partial charge < -0.3 is 10.1 Å². The van der Waals surface area contributed by atoms with Crippen molar-refractivity contribution in [1.29, 1.82) is 0 Å². The number of halogens is 1. The Morgan fingerprint density at radius 3 is 2.28 bits per heavy atom. The van der Waals surface area contributed by atoms with E-state index in [0.717, 1.165) is 16.9 Å². The molecule has 0 aliphatic carbocycles. The third-order valence-corrected chi connectivity index (χ3v) is 6.55. The highest BCUT2D eigenvalue weighted by Crippen LogP contribution is 2.25. The van der Waals surface area contributed by atoms with Gasteiger partial charge in [0.2, 0.25) is 0 Å². The summed E-state index contributed by atoms with van der Waals surface area (Å²) in [7, 11) is -3.76. The molecule has 6 nitrogen and oxygen atoms in total. The van der Waals surface area contributed by atoms with Crippen LogP contribution in [0.1, 0.15) is 41.4 Å². The molecule has 0 saturated carbocycles. The number of benzene rings is 3. The second-order valence-corrected chi connectivity index (χ2v) is 9.40. The van der Waals surface area contributed by atoms with E-state index in [1.54, 1.807) is 12.1 Å². The van der Waals surface area contributed by atoms with Crippen molar-refractivity contribution in [2.45, 2.75) is 31.7 Å². The number of aryl methyl sites for hydroxylation is 1. The summed E-state index contributed by atoms with van der Waals surface area (Å²) in [6.07, 6.45) is 0. The second kappa shape index (κ2) is 10.1. The molecule has 0 radical (unpaired) electrons. The molecule has 3 aromatic carbocycles. The molecule has 1 atom stereocenters. The standard InChI is InChI=1S/C24H25ClN2O4S/c1-4-31-20-10-7-18(8-11-20)17(3)26-24(28)22-14-9-19(15-23(22)25)27-32(29,30)21-12-5-16(2)6-13-21/h5-15,17,27H,4H2,1-3H3,(H,26,28). The Kier molecular flexibility index (Phi) is 7.43. The number of nitrogens with one attached hydrogen (secondary N) is 2. The van der Waals surface area contributed by atoms with Crippen LogP contribution in [0.4, 0.5) is 5.69 Å². The van der Waals surface area contributed by atoms with Crippen LogP contribution < -0.4 is 14.8 Å². The van der Waals surface area contributed by atoms with Crippen LogP contribution in [0.2, 0.25) is 5.02 Å². The molecule has 0 fully saturated rings. The minimum absolute atomic E-state index is 0.144. The molecule has 1 amide bonds. The first-order chi connectivity index (χ1) is 15.2. The number of sulfonamides is 1. The van der Waals surface area contributed by atoms with E-state index in [0.29, 0.717) is 6.61 Å². The largest absolute Gasteiger partial charge is 0.494 e. The zero-order valence-electron chi connectivity index (χ0n) is 18.1. The van der Waals surface area contributed by atoms with E-state index in [2.05, 4.69) is 10.0 Å². The lowest BCUT2D eigenvalue weighted by Gasteiger charge is -2.16. The molecular weight excluding hydrogens is 448 g/mol. The summed E-state index contributed by atoms with van der Waals surface area (Å²) in [6.45, 7) is 6.25. The monoisotopic (exact) mass is 472 g/mol. The Balaban J connectivity index is 1.70. The van der Waals surface area contributed by atoms with Gasteiger partial charge in [0.25, 0.3) is 15.9 Å². The molecule has 0 heterocycles. The SMILES string of the molecule is CCOc1ccc(C(C)NC(=O)c2ccc(NS(=O)(=O)c3ccc(C)cc3)cc2Cl)cc1. The van der Waals surface area contributed by atoms with Gasteiger partial charge in [-0.3, -0.25) is 9.52 Å². The van der Waals surface area contributed by atoms with Gasteiger partial charge in [0.1, 0.15) is 5.75 Å². The van der Waals surface area contributed by atoms with Crippen LogP contribution in [-0.2, 0) is 10.0 Å². The van der Waals surface area contributed by atoms with Crippen LogP contribution in [0.3, 0.4) is 0 Å². The lowest BCUT2D eigenvalue weighted by atomic mass is 10.1. The van der Waals surface area contributed by atoms with Crippen molar-refractivity contribution in [2.24, 2.45) is 0 Å². The van der Waals surface area contributed by atoms with Crippen LogP contribution in [0.5, 0.6) is 5.75 Å². The van der Waals surface area contributed by atoms with Gasteiger partial charge in [0.05, 0.1) is 33.8 Å². The zero-order chi connectivity index (χ0) is 23.3. The van der Waals surface area contributed by atoms with Gasteiger partial charge in [-0.25, -0.2) is 8.42 Å². The molecule has 0 spiro atoms. The first-order valence-electron chi connectivity index (χ1n) is 10.1. The van der Waals surface area contributed by atoms with Crippen molar-refractivity contribution in [1.82, 2.24) is 5.32 Å². The van der Waals surface area contributed by atoms with E-state index in [-0.39, 0.29) is 33.1 Å². The molecule has 168 valence electrons. The summed E-state index contributed by atoms with van der Waals surface area (Å²) in [6, 6.07) is 18.2. The Bertz CT molecular complexity index is 1190. The fraction of sp³-hybridized carbons (Fsp3) is 0.208. The summed E-state index contributed by atoms with van der Waals surface area (Å²) in [5.74, 6) is 0.408. The highest BCUT2D eigenvalue weighted by atomic mass is 35.5. The summed E-state index contributed by atoms with van der Waals surface area (Å²) in [5.41, 5.74) is 2.40. The van der Waals surface area contributed by atoms with Gasteiger partial charge in [-0.15, -0.1) is 0 Å². The first kappa shape index (κ1) is 23.6. The van der Waals surface area contributed by atoms with E-state index < -0.39 is 10.0 Å². The molecule has 0 bridgehead atoms. The molecule has 3 aromatic rings. The zero-order valence-corrected chi connectivity index (χ0v) is 19.6. The minimum atomic E-state index is -3.76. The highest BCUT2D eigenvalue weighted by molar-refractivity contribution is 7.92. The van der Waals surface area contributed by atoms with Crippen molar-refractivity contribution in [2.75, 3.05) is 11.3 Å². The van der Waals surface area contributed by atoms with Crippen LogP contribution >= 0.6 is 11.6 Å². The van der Waals surface area contributed by atoms with E-state index in [4.69, 9.17) is 16.3 Å². The molecule has 0 saturated heterocycles. The molecule has 0 aliphatic heterocycles. The van der Waals surface area contributed by atoms with Crippen molar-refractivity contribution in [3.8, 4) is 5.75 Å². The first-order valence-corrected chi connectivity index (χ1v) is 12.0. The average Bonchev–Trinajstić information content (AvgIpc) is 2.74. The number of ether oxygens (including phenoxy) is 1. The molecule has 32 heavy (non-hydrogen) atoms. The summed E-state index contributed by atoms with van der Waals surface area (Å²) in [4.78, 5) is 12.9. The topological polar surface area (TPSA) is 84.5 Å². The number of hydrogen-bond donors (Lipinski definition) is 2. The van der Waals surface area contributed by atoms with E-state index >= 15 is 0 Å². The summed E-state index contributed by atoms with van der Waals surface area (Å²) < 4.78 is 33.1. The third kappa shape index (κ3) is 5.81. The van der Waals surface area contributed by atoms with Crippen molar-refractivity contribution in [3.63, 3.8) is 0 Å². The summed E-state index contributed by atoms with van der Waals surface area (Å²) >= 11 is 6.29. The normalized spacial score (nSPS) is 12.1. The van der Waals surface area contributed by atoms with Crippen LogP contribution in [0, 0.1) is 6.92 Å². The van der Waals surface area contributed by atoms with Gasteiger partial charge in [-0.05, 0) is 68.8 Å². The maximum absolute atomic E-state index is 12.7. The van der Waals surface area contributed by atoms with E-state index in [9.17, 15) is 13.2 Å². The van der Waals surface area contributed by atoms with Gasteiger partial charge in [0, 0.05) is 0 Å². The predicted octanol–water partition coefficient (Wildman–Crippen LogP) is 5.34.